The molecule has 17 atom stereocenters. The van der Waals surface area contributed by atoms with Crippen LogP contribution in [0.5, 0.6) is 0 Å². The van der Waals surface area contributed by atoms with Gasteiger partial charge in [-0.15, -0.1) is 0 Å². The number of alkyl carbamates (subject to hydrolysis) is 1. The summed E-state index contributed by atoms with van der Waals surface area (Å²) in [4.78, 5) is 43.4. The van der Waals surface area contributed by atoms with E-state index in [0.717, 1.165) is 5.56 Å². The highest BCUT2D eigenvalue weighted by Crippen LogP contribution is 2.42. The number of nitrogens with zero attached hydrogens (tertiary/aromatic N) is 1. The zero-order chi connectivity index (χ0) is 46.5. The lowest BCUT2D eigenvalue weighted by molar-refractivity contribution is -0.304. The molecule has 1 aromatic rings. The zero-order valence-electron chi connectivity index (χ0n) is 39.1. The minimum absolute atomic E-state index is 0.0460. The average molecular weight is 900 g/mol. The summed E-state index contributed by atoms with van der Waals surface area (Å²) in [6, 6.07) is 6.76. The van der Waals surface area contributed by atoms with Crippen molar-refractivity contribution < 1.29 is 62.9 Å². The first-order valence-corrected chi connectivity index (χ1v) is 22.5. The highest BCUT2D eigenvalue weighted by molar-refractivity contribution is 6.30. The summed E-state index contributed by atoms with van der Waals surface area (Å²) in [5, 5.41) is 38.9. The third-order valence-corrected chi connectivity index (χ3v) is 13.9. The minimum atomic E-state index is -1.74. The number of carbonyl (C=O) groups excluding carboxylic acids is 3. The first kappa shape index (κ1) is 52.2. The normalized spacial score (nSPS) is 41.6. The third kappa shape index (κ3) is 12.5. The Bertz CT molecular complexity index is 1630. The number of amides is 1. The largest absolute Gasteiger partial charge is 0.459 e. The number of aliphatic hydroxyl groups is 3. The number of hydrogen-bond acceptors (Lipinski definition) is 14. The highest BCUT2D eigenvalue weighted by Gasteiger charge is 2.53. The molecule has 2 aliphatic heterocycles. The van der Waals surface area contributed by atoms with Crippen molar-refractivity contribution in [2.45, 2.75) is 185 Å². The first-order chi connectivity index (χ1) is 28.9. The molecule has 3 fully saturated rings. The summed E-state index contributed by atoms with van der Waals surface area (Å²) in [7, 11) is 6.71. The summed E-state index contributed by atoms with van der Waals surface area (Å²) in [5.74, 6) is -3.56. The molecule has 0 bridgehead atoms. The van der Waals surface area contributed by atoms with E-state index >= 15 is 0 Å². The number of aliphatic hydroxyl groups excluding tert-OH is 1. The lowest BCUT2D eigenvalue weighted by atomic mass is 9.74. The van der Waals surface area contributed by atoms with E-state index in [1.165, 1.54) is 21.1 Å². The second-order valence-electron chi connectivity index (χ2n) is 19.2. The maximum absolute atomic E-state index is 14.5. The molecule has 1 saturated carbocycles. The fourth-order valence-electron chi connectivity index (χ4n) is 9.96. The molecule has 2 saturated heterocycles. The molecule has 4 N–H and O–H groups in total. The SMILES string of the molecule is CC[C@H]1OC(=O)[C@H](C)[C@@H](O[C@@H]2C[C@@H](C)[C@H](OC(=O)NCc3ccc(Cl)cc3)[C@](C)(O)C2)[C@H](C)[C@@H](O[C@@H]2O[C@H](C)C[C@H](N(C)C)[C@H]2O)[C@@](C)(OC)C[C@@H](C)C(=O)C[C@@H](OC)[C@]1(C)O. The van der Waals surface area contributed by atoms with Gasteiger partial charge in [-0.05, 0) is 98.0 Å². The number of hydrogen-bond donors (Lipinski definition) is 4. The van der Waals surface area contributed by atoms with Crippen molar-refractivity contribution in [3.05, 3.63) is 34.9 Å². The molecule has 62 heavy (non-hydrogen) atoms. The Labute approximate surface area is 373 Å². The van der Waals surface area contributed by atoms with Crippen molar-refractivity contribution in [3.63, 3.8) is 0 Å². The Balaban J connectivity index is 1.74. The average Bonchev–Trinajstić information content (AvgIpc) is 3.20. The number of esters is 1. The van der Waals surface area contributed by atoms with E-state index in [1.54, 1.807) is 52.0 Å². The molecule has 16 heteroatoms. The summed E-state index contributed by atoms with van der Waals surface area (Å²) in [5.41, 5.74) is -3.69. The number of Topliss-reactive ketones (excluding diaryl/α,β-unsaturated/α-hetero) is 1. The van der Waals surface area contributed by atoms with Crippen LogP contribution in [-0.4, -0.2) is 144 Å². The number of benzene rings is 1. The van der Waals surface area contributed by atoms with Crippen molar-refractivity contribution in [1.82, 2.24) is 10.2 Å². The van der Waals surface area contributed by atoms with Crippen LogP contribution in [-0.2, 0) is 49.3 Å². The molecule has 0 spiro atoms. The van der Waals surface area contributed by atoms with Crippen LogP contribution in [0.3, 0.4) is 0 Å². The molecule has 1 amide bonds. The highest BCUT2D eigenvalue weighted by atomic mass is 35.5. The van der Waals surface area contributed by atoms with Gasteiger partial charge in [0.2, 0.25) is 0 Å². The van der Waals surface area contributed by atoms with Gasteiger partial charge < -0.3 is 58.7 Å². The molecule has 0 unspecified atom stereocenters. The van der Waals surface area contributed by atoms with Gasteiger partial charge in [0.1, 0.15) is 35.3 Å². The molecule has 1 aromatic carbocycles. The third-order valence-electron chi connectivity index (χ3n) is 13.7. The number of rotatable bonds is 11. The van der Waals surface area contributed by atoms with E-state index in [2.05, 4.69) is 5.32 Å². The predicted octanol–water partition coefficient (Wildman–Crippen LogP) is 5.44. The maximum Gasteiger partial charge on any atom is 0.407 e. The van der Waals surface area contributed by atoms with E-state index in [4.69, 9.17) is 44.8 Å². The topological polar surface area (TPSA) is 192 Å². The molecular formula is C46H75ClN2O13. The Hall–Kier alpha value is -2.44. The van der Waals surface area contributed by atoms with Crippen LogP contribution >= 0.6 is 11.6 Å². The van der Waals surface area contributed by atoms with E-state index < -0.39 is 95.6 Å². The smallest absolute Gasteiger partial charge is 0.407 e. The fourth-order valence-corrected chi connectivity index (χ4v) is 10.1. The van der Waals surface area contributed by atoms with Gasteiger partial charge in [-0.25, -0.2) is 4.79 Å². The quantitative estimate of drug-likeness (QED) is 0.205. The molecule has 4 rings (SSSR count). The fraction of sp³-hybridized carbons (Fsp3) is 0.804. The van der Waals surface area contributed by atoms with Crippen LogP contribution in [0.15, 0.2) is 24.3 Å². The van der Waals surface area contributed by atoms with Gasteiger partial charge in [0.15, 0.2) is 6.29 Å². The van der Waals surface area contributed by atoms with Crippen molar-refractivity contribution in [1.29, 1.82) is 0 Å². The molecule has 354 valence electrons. The number of ketones is 1. The zero-order valence-corrected chi connectivity index (χ0v) is 39.8. The van der Waals surface area contributed by atoms with Crippen molar-refractivity contribution in [2.24, 2.45) is 23.7 Å². The van der Waals surface area contributed by atoms with Crippen molar-refractivity contribution in [3.8, 4) is 0 Å². The first-order valence-electron chi connectivity index (χ1n) is 22.1. The Kier molecular flexibility index (Phi) is 18.3. The Morgan fingerprint density at radius 2 is 1.61 bits per heavy atom. The minimum Gasteiger partial charge on any atom is -0.459 e. The Morgan fingerprint density at radius 1 is 0.968 bits per heavy atom. The van der Waals surface area contributed by atoms with Gasteiger partial charge in [0.25, 0.3) is 0 Å². The number of ether oxygens (including phenoxy) is 7. The van der Waals surface area contributed by atoms with Gasteiger partial charge in [0, 0.05) is 56.5 Å². The summed E-state index contributed by atoms with van der Waals surface area (Å²) < 4.78 is 44.2. The maximum atomic E-state index is 14.5. The van der Waals surface area contributed by atoms with E-state index in [0.29, 0.717) is 17.9 Å². The molecule has 3 aliphatic rings. The van der Waals surface area contributed by atoms with E-state index in [9.17, 15) is 29.7 Å². The molecule has 0 radical (unpaired) electrons. The summed E-state index contributed by atoms with van der Waals surface area (Å²) in [6.45, 7) is 16.1. The second-order valence-corrected chi connectivity index (χ2v) is 19.6. The number of halogens is 1. The van der Waals surface area contributed by atoms with E-state index in [1.807, 2.05) is 46.7 Å². The van der Waals surface area contributed by atoms with Crippen molar-refractivity contribution >= 4 is 29.4 Å². The molecular weight excluding hydrogens is 824 g/mol. The number of likely N-dealkylation sites (N-methyl/N-ethyl adjacent to an activating group) is 1. The number of nitrogens with one attached hydrogen (secondary N) is 1. The van der Waals surface area contributed by atoms with Gasteiger partial charge >= 0.3 is 12.1 Å². The molecule has 2 heterocycles. The van der Waals surface area contributed by atoms with Crippen LogP contribution in [0.2, 0.25) is 5.02 Å². The number of cyclic esters (lactones) is 1. The van der Waals surface area contributed by atoms with Gasteiger partial charge in [-0.1, -0.05) is 51.4 Å². The molecule has 1 aliphatic carbocycles. The van der Waals surface area contributed by atoms with Crippen molar-refractivity contribution in [2.75, 3.05) is 28.3 Å². The molecule has 15 nitrogen and oxygen atoms in total. The van der Waals surface area contributed by atoms with Gasteiger partial charge in [-0.2, -0.15) is 0 Å². The van der Waals surface area contributed by atoms with Crippen LogP contribution in [0, 0.1) is 23.7 Å². The standard InChI is InChI=1S/C46H75ClN2O13/c1-14-35-46(9,55)36(56-12)21-34(50)26(3)22-45(8,57-13)40(61-42-37(51)33(49(10)11)20-27(4)58-42)28(5)38(29(6)41(52)60-35)59-32-19-25(2)39(44(7,54)23-32)62-43(53)48-24-30-15-17-31(47)18-16-30/h15-18,25-29,32-33,35-40,42,51,54-55H,14,19-24H2,1-13H3,(H,48,53)/t25-,26-,27-,28+,29-,32-,33+,35-,36-,37-,38+,39+,40-,42+,44-,45+,46-/m1/s1. The van der Waals surface area contributed by atoms with E-state index in [-0.39, 0.29) is 56.1 Å². The second kappa shape index (κ2) is 21.7. The lowest BCUT2D eigenvalue weighted by Gasteiger charge is -2.49. The number of methoxy groups -OCH3 is 2. The van der Waals surface area contributed by atoms with Crippen LogP contribution in [0.1, 0.15) is 106 Å². The van der Waals surface area contributed by atoms with Crippen LogP contribution in [0.25, 0.3) is 0 Å². The lowest BCUT2D eigenvalue weighted by Crippen LogP contribution is -2.60. The van der Waals surface area contributed by atoms with Gasteiger partial charge in [-0.3, -0.25) is 9.59 Å². The number of carbonyl (C=O) groups is 3. The van der Waals surface area contributed by atoms with Gasteiger partial charge in [0.05, 0.1) is 42.0 Å². The predicted molar refractivity (Wildman–Crippen MR) is 232 cm³/mol. The van der Waals surface area contributed by atoms with Crippen LogP contribution < -0.4 is 5.32 Å². The summed E-state index contributed by atoms with van der Waals surface area (Å²) in [6.07, 6.45) is -7.46. The Morgan fingerprint density at radius 3 is 2.18 bits per heavy atom. The summed E-state index contributed by atoms with van der Waals surface area (Å²) >= 11 is 6.01. The monoisotopic (exact) mass is 898 g/mol. The molecule has 0 aromatic heterocycles. The van der Waals surface area contributed by atoms with Crippen LogP contribution in [0.4, 0.5) is 4.79 Å².